The third-order valence-corrected chi connectivity index (χ3v) is 1.99. The molecule has 1 N–H and O–H groups in total. The van der Waals surface area contributed by atoms with E-state index in [0.717, 1.165) is 6.07 Å². The third kappa shape index (κ3) is 2.53. The summed E-state index contributed by atoms with van der Waals surface area (Å²) in [5.41, 5.74) is 1.08. The molecule has 0 aliphatic carbocycles. The van der Waals surface area contributed by atoms with Crippen LogP contribution in [0.3, 0.4) is 0 Å². The van der Waals surface area contributed by atoms with E-state index in [1.165, 1.54) is 12.1 Å². The number of anilines is 1. The first-order valence-electron chi connectivity index (χ1n) is 4.68. The average molecular weight is 224 g/mol. The van der Waals surface area contributed by atoms with Gasteiger partial charge in [0.2, 0.25) is 0 Å². The molecule has 16 heavy (non-hydrogen) atoms. The van der Waals surface area contributed by atoms with Crippen molar-refractivity contribution in [1.29, 1.82) is 0 Å². The molecule has 2 rings (SSSR count). The lowest BCUT2D eigenvalue weighted by Gasteiger charge is -2.04. The molecule has 0 aliphatic rings. The molecular weight excluding hydrogens is 214 g/mol. The van der Waals surface area contributed by atoms with Crippen molar-refractivity contribution >= 4 is 5.69 Å². The van der Waals surface area contributed by atoms with E-state index in [9.17, 15) is 8.78 Å². The van der Waals surface area contributed by atoms with Gasteiger partial charge in [-0.2, -0.15) is 0 Å². The molecule has 0 spiro atoms. The van der Waals surface area contributed by atoms with Gasteiger partial charge in [-0.3, -0.25) is 4.68 Å². The van der Waals surface area contributed by atoms with Crippen LogP contribution in [-0.4, -0.2) is 15.0 Å². The van der Waals surface area contributed by atoms with Crippen LogP contribution in [0.5, 0.6) is 0 Å². The Bertz CT molecular complexity index is 475. The topological polar surface area (TPSA) is 42.7 Å². The van der Waals surface area contributed by atoms with Gasteiger partial charge in [0.1, 0.15) is 17.3 Å². The number of aryl methyl sites for hydroxylation is 1. The Morgan fingerprint density at radius 2 is 1.94 bits per heavy atom. The van der Waals surface area contributed by atoms with Crippen molar-refractivity contribution in [2.75, 3.05) is 5.32 Å². The summed E-state index contributed by atoms with van der Waals surface area (Å²) in [6, 6.07) is 3.27. The number of halogens is 2. The summed E-state index contributed by atoms with van der Waals surface area (Å²) >= 11 is 0. The SMILES string of the molecule is Cn1cc(CNc2cc(F)cc(F)c2)nn1. The zero-order chi connectivity index (χ0) is 11.5. The summed E-state index contributed by atoms with van der Waals surface area (Å²) in [4.78, 5) is 0. The first-order valence-corrected chi connectivity index (χ1v) is 4.68. The summed E-state index contributed by atoms with van der Waals surface area (Å²) in [5, 5.41) is 10.4. The number of hydrogen-bond donors (Lipinski definition) is 1. The molecule has 0 fully saturated rings. The lowest BCUT2D eigenvalue weighted by Crippen LogP contribution is -2.00. The van der Waals surface area contributed by atoms with Crippen molar-refractivity contribution in [3.63, 3.8) is 0 Å². The van der Waals surface area contributed by atoms with Gasteiger partial charge in [0, 0.05) is 25.0 Å². The molecule has 84 valence electrons. The van der Waals surface area contributed by atoms with Crippen molar-refractivity contribution in [1.82, 2.24) is 15.0 Å². The number of benzene rings is 1. The highest BCUT2D eigenvalue weighted by atomic mass is 19.1. The first-order chi connectivity index (χ1) is 7.63. The monoisotopic (exact) mass is 224 g/mol. The van der Waals surface area contributed by atoms with Gasteiger partial charge in [-0.05, 0) is 12.1 Å². The molecule has 2 aromatic rings. The summed E-state index contributed by atoms with van der Waals surface area (Å²) in [5.74, 6) is -1.22. The van der Waals surface area contributed by atoms with Crippen LogP contribution in [0.25, 0.3) is 0 Å². The predicted octanol–water partition coefficient (Wildman–Crippen LogP) is 1.71. The van der Waals surface area contributed by atoms with E-state index in [0.29, 0.717) is 17.9 Å². The van der Waals surface area contributed by atoms with Gasteiger partial charge in [0.05, 0.1) is 6.54 Å². The van der Waals surface area contributed by atoms with Crippen LogP contribution in [-0.2, 0) is 13.6 Å². The molecule has 0 saturated heterocycles. The van der Waals surface area contributed by atoms with Gasteiger partial charge in [-0.1, -0.05) is 5.21 Å². The van der Waals surface area contributed by atoms with Crippen molar-refractivity contribution < 1.29 is 8.78 Å². The lowest BCUT2D eigenvalue weighted by molar-refractivity contribution is 0.584. The van der Waals surface area contributed by atoms with Crippen molar-refractivity contribution in [2.24, 2.45) is 7.05 Å². The molecule has 0 amide bonds. The van der Waals surface area contributed by atoms with E-state index in [1.54, 1.807) is 17.9 Å². The zero-order valence-corrected chi connectivity index (χ0v) is 8.61. The third-order valence-electron chi connectivity index (χ3n) is 1.99. The lowest BCUT2D eigenvalue weighted by atomic mass is 10.3. The smallest absolute Gasteiger partial charge is 0.128 e. The summed E-state index contributed by atoms with van der Waals surface area (Å²) in [6.07, 6.45) is 1.72. The number of rotatable bonds is 3. The van der Waals surface area contributed by atoms with Crippen LogP contribution < -0.4 is 5.32 Å². The molecule has 6 heteroatoms. The average Bonchev–Trinajstić information content (AvgIpc) is 2.60. The Kier molecular flexibility index (Phi) is 2.80. The van der Waals surface area contributed by atoms with Crippen LogP contribution >= 0.6 is 0 Å². The summed E-state index contributed by atoms with van der Waals surface area (Å²) < 4.78 is 27.3. The molecule has 1 heterocycles. The maximum atomic E-state index is 12.8. The molecule has 1 aromatic heterocycles. The fourth-order valence-electron chi connectivity index (χ4n) is 1.32. The second kappa shape index (κ2) is 4.26. The molecule has 0 radical (unpaired) electrons. The zero-order valence-electron chi connectivity index (χ0n) is 8.61. The fraction of sp³-hybridized carbons (Fsp3) is 0.200. The summed E-state index contributed by atoms with van der Waals surface area (Å²) in [6.45, 7) is 0.372. The van der Waals surface area contributed by atoms with Gasteiger partial charge >= 0.3 is 0 Å². The molecule has 0 saturated carbocycles. The normalized spacial score (nSPS) is 10.4. The number of nitrogens with one attached hydrogen (secondary N) is 1. The maximum absolute atomic E-state index is 12.8. The van der Waals surface area contributed by atoms with Crippen LogP contribution in [0.4, 0.5) is 14.5 Å². The molecule has 1 aromatic carbocycles. The van der Waals surface area contributed by atoms with Gasteiger partial charge in [-0.15, -0.1) is 5.10 Å². The van der Waals surface area contributed by atoms with E-state index in [1.807, 2.05) is 0 Å². The molecule has 0 aliphatic heterocycles. The Hall–Kier alpha value is -1.98. The van der Waals surface area contributed by atoms with Crippen LogP contribution in [0.2, 0.25) is 0 Å². The van der Waals surface area contributed by atoms with E-state index >= 15 is 0 Å². The Balaban J connectivity index is 2.04. The van der Waals surface area contributed by atoms with Crippen molar-refractivity contribution in [3.05, 3.63) is 41.7 Å². The predicted molar refractivity (Wildman–Crippen MR) is 54.7 cm³/mol. The largest absolute Gasteiger partial charge is 0.379 e. The van der Waals surface area contributed by atoms with Crippen LogP contribution in [0.1, 0.15) is 5.69 Å². The second-order valence-corrected chi connectivity index (χ2v) is 3.40. The minimum Gasteiger partial charge on any atom is -0.379 e. The van der Waals surface area contributed by atoms with Crippen LogP contribution in [0, 0.1) is 11.6 Å². The van der Waals surface area contributed by atoms with Gasteiger partial charge in [0.25, 0.3) is 0 Å². The highest BCUT2D eigenvalue weighted by molar-refractivity contribution is 5.43. The minimum absolute atomic E-state index is 0.372. The Morgan fingerprint density at radius 3 is 2.50 bits per heavy atom. The molecule has 0 bridgehead atoms. The number of nitrogens with zero attached hydrogens (tertiary/aromatic N) is 3. The summed E-state index contributed by atoms with van der Waals surface area (Å²) in [7, 11) is 1.75. The van der Waals surface area contributed by atoms with Gasteiger partial charge in [-0.25, -0.2) is 8.78 Å². The van der Waals surface area contributed by atoms with Crippen LogP contribution in [0.15, 0.2) is 24.4 Å². The highest BCUT2D eigenvalue weighted by Gasteiger charge is 2.02. The van der Waals surface area contributed by atoms with Gasteiger partial charge < -0.3 is 5.32 Å². The van der Waals surface area contributed by atoms with Gasteiger partial charge in [0.15, 0.2) is 0 Å². The van der Waals surface area contributed by atoms with E-state index < -0.39 is 11.6 Å². The van der Waals surface area contributed by atoms with Crippen molar-refractivity contribution in [3.8, 4) is 0 Å². The Labute approximate surface area is 90.9 Å². The number of hydrogen-bond acceptors (Lipinski definition) is 3. The number of aromatic nitrogens is 3. The molecule has 0 unspecified atom stereocenters. The minimum atomic E-state index is -0.610. The molecular formula is C10H10F2N4. The van der Waals surface area contributed by atoms with E-state index in [4.69, 9.17) is 0 Å². The Morgan fingerprint density at radius 1 is 1.25 bits per heavy atom. The fourth-order valence-corrected chi connectivity index (χ4v) is 1.32. The first kappa shape index (κ1) is 10.5. The van der Waals surface area contributed by atoms with Crippen molar-refractivity contribution in [2.45, 2.75) is 6.54 Å². The quantitative estimate of drug-likeness (QED) is 0.863. The maximum Gasteiger partial charge on any atom is 0.128 e. The standard InChI is InChI=1S/C10H10F2N4/c1-16-6-10(14-15-16)5-13-9-3-7(11)2-8(12)4-9/h2-4,6,13H,5H2,1H3. The molecule has 0 atom stereocenters. The van der Waals surface area contributed by atoms with E-state index in [2.05, 4.69) is 15.6 Å². The molecule has 4 nitrogen and oxygen atoms in total. The highest BCUT2D eigenvalue weighted by Crippen LogP contribution is 2.13. The van der Waals surface area contributed by atoms with E-state index in [-0.39, 0.29) is 0 Å². The second-order valence-electron chi connectivity index (χ2n) is 3.40.